The molecular formula is C12H12ClF2NO2. The Balaban J connectivity index is 2.30. The SMILES string of the molecule is O=C(c1c(F)cccc1F)N1CCOCC1CCl. The van der Waals surface area contributed by atoms with Gasteiger partial charge >= 0.3 is 0 Å². The summed E-state index contributed by atoms with van der Waals surface area (Å²) in [7, 11) is 0. The van der Waals surface area contributed by atoms with E-state index in [1.165, 1.54) is 11.0 Å². The number of carbonyl (C=O) groups is 1. The molecule has 0 aliphatic carbocycles. The van der Waals surface area contributed by atoms with Crippen LogP contribution in [0.25, 0.3) is 0 Å². The second-order valence-electron chi connectivity index (χ2n) is 3.98. The quantitative estimate of drug-likeness (QED) is 0.773. The minimum absolute atomic E-state index is 0.168. The van der Waals surface area contributed by atoms with Gasteiger partial charge in [-0.2, -0.15) is 0 Å². The van der Waals surface area contributed by atoms with E-state index in [1.807, 2.05) is 0 Å². The van der Waals surface area contributed by atoms with Gasteiger partial charge < -0.3 is 9.64 Å². The Morgan fingerprint density at radius 1 is 1.44 bits per heavy atom. The lowest BCUT2D eigenvalue weighted by molar-refractivity contribution is 0.00405. The normalized spacial score (nSPS) is 19.9. The molecule has 6 heteroatoms. The van der Waals surface area contributed by atoms with Crippen LogP contribution in [0.5, 0.6) is 0 Å². The Morgan fingerprint density at radius 2 is 2.11 bits per heavy atom. The predicted molar refractivity (Wildman–Crippen MR) is 62.7 cm³/mol. The van der Waals surface area contributed by atoms with Crippen LogP contribution in [-0.4, -0.2) is 42.5 Å². The van der Waals surface area contributed by atoms with Crippen LogP contribution in [0.4, 0.5) is 8.78 Å². The van der Waals surface area contributed by atoms with Crippen molar-refractivity contribution in [2.75, 3.05) is 25.6 Å². The molecule has 1 heterocycles. The van der Waals surface area contributed by atoms with Crippen molar-refractivity contribution in [3.63, 3.8) is 0 Å². The molecule has 98 valence electrons. The molecule has 18 heavy (non-hydrogen) atoms. The Hall–Kier alpha value is -1.20. The zero-order valence-electron chi connectivity index (χ0n) is 9.54. The molecule has 2 rings (SSSR count). The standard InChI is InChI=1S/C12H12ClF2NO2/c13-6-8-7-18-5-4-16(8)12(17)11-9(14)2-1-3-10(11)15/h1-3,8H,4-7H2. The first-order valence-corrected chi connectivity index (χ1v) is 6.07. The summed E-state index contributed by atoms with van der Waals surface area (Å²) in [6, 6.07) is 2.99. The van der Waals surface area contributed by atoms with Crippen LogP contribution < -0.4 is 0 Å². The minimum Gasteiger partial charge on any atom is -0.377 e. The van der Waals surface area contributed by atoms with Crippen molar-refractivity contribution in [3.05, 3.63) is 35.4 Å². The van der Waals surface area contributed by atoms with E-state index < -0.39 is 23.1 Å². The van der Waals surface area contributed by atoms with E-state index in [-0.39, 0.29) is 25.1 Å². The van der Waals surface area contributed by atoms with Gasteiger partial charge in [0.1, 0.15) is 17.2 Å². The van der Waals surface area contributed by atoms with Gasteiger partial charge in [0, 0.05) is 12.4 Å². The first-order valence-electron chi connectivity index (χ1n) is 5.54. The summed E-state index contributed by atoms with van der Waals surface area (Å²) in [5.74, 6) is -2.24. The summed E-state index contributed by atoms with van der Waals surface area (Å²) in [6.45, 7) is 0.907. The number of hydrogen-bond donors (Lipinski definition) is 0. The highest BCUT2D eigenvalue weighted by Gasteiger charge is 2.30. The summed E-state index contributed by atoms with van der Waals surface area (Å²) in [4.78, 5) is 13.5. The number of alkyl halides is 1. The van der Waals surface area contributed by atoms with Crippen LogP contribution in [0.15, 0.2) is 18.2 Å². The third-order valence-electron chi connectivity index (χ3n) is 2.84. The van der Waals surface area contributed by atoms with E-state index in [2.05, 4.69) is 0 Å². The Kier molecular flexibility index (Phi) is 4.14. The molecule has 1 saturated heterocycles. The smallest absolute Gasteiger partial charge is 0.260 e. The molecular weight excluding hydrogens is 264 g/mol. The van der Waals surface area contributed by atoms with Gasteiger partial charge in [-0.1, -0.05) is 6.07 Å². The van der Waals surface area contributed by atoms with Gasteiger partial charge in [0.25, 0.3) is 5.91 Å². The zero-order chi connectivity index (χ0) is 13.1. The molecule has 1 aliphatic heterocycles. The monoisotopic (exact) mass is 275 g/mol. The fourth-order valence-electron chi connectivity index (χ4n) is 1.90. The van der Waals surface area contributed by atoms with E-state index in [0.29, 0.717) is 6.61 Å². The lowest BCUT2D eigenvalue weighted by Gasteiger charge is -2.34. The fourth-order valence-corrected chi connectivity index (χ4v) is 2.15. The van der Waals surface area contributed by atoms with Gasteiger partial charge in [-0.15, -0.1) is 11.6 Å². The molecule has 0 spiro atoms. The van der Waals surface area contributed by atoms with Gasteiger partial charge in [0.2, 0.25) is 0 Å². The summed E-state index contributed by atoms with van der Waals surface area (Å²) in [6.07, 6.45) is 0. The summed E-state index contributed by atoms with van der Waals surface area (Å²) < 4.78 is 32.3. The number of amides is 1. The highest BCUT2D eigenvalue weighted by Crippen LogP contribution is 2.18. The Bertz CT molecular complexity index is 435. The maximum absolute atomic E-state index is 13.5. The van der Waals surface area contributed by atoms with Gasteiger partial charge in [-0.3, -0.25) is 4.79 Å². The number of rotatable bonds is 2. The predicted octanol–water partition coefficient (Wildman–Crippen LogP) is 2.04. The van der Waals surface area contributed by atoms with Gasteiger partial charge in [-0.25, -0.2) is 8.78 Å². The van der Waals surface area contributed by atoms with Gasteiger partial charge in [0.15, 0.2) is 0 Å². The van der Waals surface area contributed by atoms with Crippen LogP contribution in [0.1, 0.15) is 10.4 Å². The van der Waals surface area contributed by atoms with Crippen molar-refractivity contribution < 1.29 is 18.3 Å². The molecule has 0 radical (unpaired) electrons. The second-order valence-corrected chi connectivity index (χ2v) is 4.29. The topological polar surface area (TPSA) is 29.5 Å². The number of carbonyl (C=O) groups excluding carboxylic acids is 1. The average Bonchev–Trinajstić information content (AvgIpc) is 2.38. The first-order chi connectivity index (χ1) is 8.65. The molecule has 1 aromatic carbocycles. The Morgan fingerprint density at radius 3 is 2.72 bits per heavy atom. The lowest BCUT2D eigenvalue weighted by Crippen LogP contribution is -2.50. The molecule has 0 bridgehead atoms. The molecule has 0 saturated carbocycles. The zero-order valence-corrected chi connectivity index (χ0v) is 10.3. The highest BCUT2D eigenvalue weighted by molar-refractivity contribution is 6.18. The molecule has 1 unspecified atom stereocenters. The Labute approximate surface area is 108 Å². The molecule has 1 atom stereocenters. The van der Waals surface area contributed by atoms with Crippen LogP contribution in [0, 0.1) is 11.6 Å². The highest BCUT2D eigenvalue weighted by atomic mass is 35.5. The summed E-state index contributed by atoms with van der Waals surface area (Å²) >= 11 is 5.72. The first kappa shape index (κ1) is 13.2. The van der Waals surface area contributed by atoms with Crippen LogP contribution in [0.3, 0.4) is 0 Å². The van der Waals surface area contributed by atoms with Gasteiger partial charge in [0.05, 0.1) is 19.3 Å². The number of benzene rings is 1. The van der Waals surface area contributed by atoms with E-state index in [0.717, 1.165) is 12.1 Å². The van der Waals surface area contributed by atoms with E-state index in [1.54, 1.807) is 0 Å². The minimum atomic E-state index is -0.861. The second kappa shape index (κ2) is 5.63. The van der Waals surface area contributed by atoms with Crippen LogP contribution in [-0.2, 0) is 4.74 Å². The van der Waals surface area contributed by atoms with E-state index in [9.17, 15) is 13.6 Å². The van der Waals surface area contributed by atoms with E-state index >= 15 is 0 Å². The van der Waals surface area contributed by atoms with Crippen molar-refractivity contribution in [1.82, 2.24) is 4.90 Å². The lowest BCUT2D eigenvalue weighted by atomic mass is 10.1. The number of nitrogens with zero attached hydrogens (tertiary/aromatic N) is 1. The number of halogens is 3. The molecule has 1 fully saturated rings. The van der Waals surface area contributed by atoms with Crippen molar-refractivity contribution in [2.45, 2.75) is 6.04 Å². The molecule has 1 aliphatic rings. The largest absolute Gasteiger partial charge is 0.377 e. The fraction of sp³-hybridized carbons (Fsp3) is 0.417. The third kappa shape index (κ3) is 2.47. The maximum Gasteiger partial charge on any atom is 0.260 e. The van der Waals surface area contributed by atoms with Crippen molar-refractivity contribution >= 4 is 17.5 Å². The molecule has 3 nitrogen and oxygen atoms in total. The number of morpholine rings is 1. The van der Waals surface area contributed by atoms with Crippen LogP contribution in [0.2, 0.25) is 0 Å². The molecule has 1 aromatic rings. The molecule has 1 amide bonds. The number of hydrogen-bond acceptors (Lipinski definition) is 2. The van der Waals surface area contributed by atoms with Crippen LogP contribution >= 0.6 is 11.6 Å². The molecule has 0 N–H and O–H groups in total. The summed E-state index contributed by atoms with van der Waals surface area (Å²) in [5.41, 5.74) is -0.533. The van der Waals surface area contributed by atoms with Crippen molar-refractivity contribution in [3.8, 4) is 0 Å². The maximum atomic E-state index is 13.5. The van der Waals surface area contributed by atoms with E-state index in [4.69, 9.17) is 16.3 Å². The number of ether oxygens (including phenoxy) is 1. The van der Waals surface area contributed by atoms with Gasteiger partial charge in [-0.05, 0) is 12.1 Å². The molecule has 0 aromatic heterocycles. The van der Waals surface area contributed by atoms with Crippen molar-refractivity contribution in [2.24, 2.45) is 0 Å². The van der Waals surface area contributed by atoms with Crippen molar-refractivity contribution in [1.29, 1.82) is 0 Å². The summed E-state index contributed by atoms with van der Waals surface area (Å²) in [5, 5.41) is 0. The third-order valence-corrected chi connectivity index (χ3v) is 3.20. The average molecular weight is 276 g/mol.